The Hall–Kier alpha value is -0.780. The predicted octanol–water partition coefficient (Wildman–Crippen LogP) is 2.18. The van der Waals surface area contributed by atoms with Crippen LogP contribution >= 0.6 is 0 Å². The van der Waals surface area contributed by atoms with Gasteiger partial charge in [0.2, 0.25) is 5.91 Å². The van der Waals surface area contributed by atoms with Crippen LogP contribution in [0.3, 0.4) is 0 Å². The Bertz CT molecular complexity index is 332. The summed E-state index contributed by atoms with van der Waals surface area (Å²) in [7, 11) is 0. The van der Waals surface area contributed by atoms with Crippen LogP contribution in [0.4, 0.5) is 13.2 Å². The molecule has 0 bridgehead atoms. The molecule has 0 radical (unpaired) electrons. The molecule has 1 saturated carbocycles. The number of halogens is 3. The van der Waals surface area contributed by atoms with E-state index in [4.69, 9.17) is 0 Å². The van der Waals surface area contributed by atoms with Gasteiger partial charge in [-0.1, -0.05) is 6.42 Å². The Labute approximate surface area is 111 Å². The summed E-state index contributed by atoms with van der Waals surface area (Å²) in [5.74, 6) is -1.82. The predicted molar refractivity (Wildman–Crippen MR) is 65.5 cm³/mol. The highest BCUT2D eigenvalue weighted by molar-refractivity contribution is 5.79. The first-order chi connectivity index (χ1) is 8.89. The second-order valence-corrected chi connectivity index (χ2v) is 5.69. The van der Waals surface area contributed by atoms with Crippen molar-refractivity contribution in [1.82, 2.24) is 10.2 Å². The number of piperazine rings is 1. The molecular weight excluding hydrogens is 257 g/mol. The van der Waals surface area contributed by atoms with Crippen LogP contribution in [0.5, 0.6) is 0 Å². The average Bonchev–Trinajstić information content (AvgIpc) is 2.38. The first-order valence-corrected chi connectivity index (χ1v) is 6.97. The highest BCUT2D eigenvalue weighted by Crippen LogP contribution is 2.40. The lowest BCUT2D eigenvalue weighted by Crippen LogP contribution is -2.54. The van der Waals surface area contributed by atoms with Gasteiger partial charge in [0.1, 0.15) is 0 Å². The van der Waals surface area contributed by atoms with Crippen molar-refractivity contribution in [1.29, 1.82) is 0 Å². The standard InChI is InChI=1S/C13H21F3N2O/c1-9-8-17-5-6-18(9)12(19)10-3-2-4-11(7-10)13(14,15)16/h9-11,17H,2-8H2,1H3. The third-order valence-electron chi connectivity index (χ3n) is 4.27. The average molecular weight is 278 g/mol. The molecule has 2 fully saturated rings. The zero-order chi connectivity index (χ0) is 14.0. The molecule has 1 saturated heterocycles. The topological polar surface area (TPSA) is 32.3 Å². The van der Waals surface area contributed by atoms with E-state index in [9.17, 15) is 18.0 Å². The van der Waals surface area contributed by atoms with Crippen LogP contribution in [0.25, 0.3) is 0 Å². The fourth-order valence-electron chi connectivity index (χ4n) is 3.11. The van der Waals surface area contributed by atoms with Gasteiger partial charge in [-0.25, -0.2) is 0 Å². The van der Waals surface area contributed by atoms with Gasteiger partial charge in [-0.3, -0.25) is 4.79 Å². The molecule has 3 nitrogen and oxygen atoms in total. The summed E-state index contributed by atoms with van der Waals surface area (Å²) >= 11 is 0. The minimum Gasteiger partial charge on any atom is -0.337 e. The van der Waals surface area contributed by atoms with Crippen LogP contribution in [-0.4, -0.2) is 42.7 Å². The number of nitrogens with one attached hydrogen (secondary N) is 1. The highest BCUT2D eigenvalue weighted by Gasteiger charge is 2.44. The molecule has 1 N–H and O–H groups in total. The van der Waals surface area contributed by atoms with Crippen molar-refractivity contribution < 1.29 is 18.0 Å². The maximum absolute atomic E-state index is 12.8. The van der Waals surface area contributed by atoms with Gasteiger partial charge in [-0.15, -0.1) is 0 Å². The Kier molecular flexibility index (Phi) is 4.38. The quantitative estimate of drug-likeness (QED) is 0.797. The molecule has 6 heteroatoms. The number of hydrogen-bond donors (Lipinski definition) is 1. The van der Waals surface area contributed by atoms with Crippen LogP contribution in [0.1, 0.15) is 32.6 Å². The molecule has 3 atom stereocenters. The molecule has 0 spiro atoms. The van der Waals surface area contributed by atoms with Crippen molar-refractivity contribution in [2.45, 2.75) is 44.8 Å². The van der Waals surface area contributed by atoms with Gasteiger partial charge in [0.25, 0.3) is 0 Å². The van der Waals surface area contributed by atoms with Gasteiger partial charge in [0.05, 0.1) is 5.92 Å². The summed E-state index contributed by atoms with van der Waals surface area (Å²) in [6, 6.07) is 0.0764. The molecular formula is C13H21F3N2O. The van der Waals surface area contributed by atoms with Crippen molar-refractivity contribution in [2.24, 2.45) is 11.8 Å². The lowest BCUT2D eigenvalue weighted by atomic mass is 9.80. The maximum atomic E-state index is 12.8. The second-order valence-electron chi connectivity index (χ2n) is 5.69. The highest BCUT2D eigenvalue weighted by atomic mass is 19.4. The Morgan fingerprint density at radius 1 is 1.32 bits per heavy atom. The number of alkyl halides is 3. The first kappa shape index (κ1) is 14.6. The molecule has 1 heterocycles. The molecule has 2 rings (SSSR count). The lowest BCUT2D eigenvalue weighted by Gasteiger charge is -2.38. The molecule has 1 aliphatic heterocycles. The summed E-state index contributed by atoms with van der Waals surface area (Å²) in [5, 5.41) is 3.18. The zero-order valence-corrected chi connectivity index (χ0v) is 11.2. The number of amides is 1. The van der Waals surface area contributed by atoms with Gasteiger partial charge in [0, 0.05) is 31.6 Å². The number of hydrogen-bond acceptors (Lipinski definition) is 2. The van der Waals surface area contributed by atoms with Crippen LogP contribution in [0, 0.1) is 11.8 Å². The van der Waals surface area contributed by atoms with Crippen LogP contribution in [-0.2, 0) is 4.79 Å². The molecule has 2 aliphatic rings. The van der Waals surface area contributed by atoms with E-state index < -0.39 is 18.0 Å². The van der Waals surface area contributed by atoms with E-state index >= 15 is 0 Å². The smallest absolute Gasteiger partial charge is 0.337 e. The number of nitrogens with zero attached hydrogens (tertiary/aromatic N) is 1. The van der Waals surface area contributed by atoms with E-state index in [0.717, 1.165) is 13.1 Å². The van der Waals surface area contributed by atoms with Crippen molar-refractivity contribution in [3.8, 4) is 0 Å². The summed E-state index contributed by atoms with van der Waals surface area (Å²) < 4.78 is 38.3. The fraction of sp³-hybridized carbons (Fsp3) is 0.923. The third kappa shape index (κ3) is 3.41. The second kappa shape index (κ2) is 5.69. The number of carbonyl (C=O) groups excluding carboxylic acids is 1. The van der Waals surface area contributed by atoms with Crippen molar-refractivity contribution >= 4 is 5.91 Å². The largest absolute Gasteiger partial charge is 0.391 e. The summed E-state index contributed by atoms with van der Waals surface area (Å²) in [4.78, 5) is 14.1. The van der Waals surface area contributed by atoms with Gasteiger partial charge < -0.3 is 10.2 Å². The molecule has 1 amide bonds. The van der Waals surface area contributed by atoms with E-state index in [-0.39, 0.29) is 24.8 Å². The zero-order valence-electron chi connectivity index (χ0n) is 11.2. The Morgan fingerprint density at radius 3 is 2.68 bits per heavy atom. The maximum Gasteiger partial charge on any atom is 0.391 e. The van der Waals surface area contributed by atoms with Gasteiger partial charge in [0.15, 0.2) is 0 Å². The van der Waals surface area contributed by atoms with E-state index in [2.05, 4.69) is 5.32 Å². The minimum absolute atomic E-state index is 0.0288. The van der Waals surface area contributed by atoms with E-state index in [1.54, 1.807) is 4.90 Å². The van der Waals surface area contributed by atoms with E-state index in [0.29, 0.717) is 19.4 Å². The van der Waals surface area contributed by atoms with Crippen molar-refractivity contribution in [3.63, 3.8) is 0 Å². The Balaban J connectivity index is 1.98. The van der Waals surface area contributed by atoms with Crippen molar-refractivity contribution in [2.75, 3.05) is 19.6 Å². The van der Waals surface area contributed by atoms with Crippen LogP contribution in [0.2, 0.25) is 0 Å². The molecule has 3 unspecified atom stereocenters. The van der Waals surface area contributed by atoms with Gasteiger partial charge in [-0.05, 0) is 26.2 Å². The number of rotatable bonds is 1. The Morgan fingerprint density at radius 2 is 2.05 bits per heavy atom. The molecule has 1 aliphatic carbocycles. The third-order valence-corrected chi connectivity index (χ3v) is 4.27. The lowest BCUT2D eigenvalue weighted by molar-refractivity contribution is -0.187. The molecule has 0 aromatic carbocycles. The SMILES string of the molecule is CC1CNCCN1C(=O)C1CCCC(C(F)(F)F)C1. The molecule has 19 heavy (non-hydrogen) atoms. The number of carbonyl (C=O) groups is 1. The summed E-state index contributed by atoms with van der Waals surface area (Å²) in [6.45, 7) is 3.99. The first-order valence-electron chi connectivity index (χ1n) is 6.97. The monoisotopic (exact) mass is 278 g/mol. The van der Waals surface area contributed by atoms with Gasteiger partial charge in [-0.2, -0.15) is 13.2 Å². The van der Waals surface area contributed by atoms with Crippen molar-refractivity contribution in [3.05, 3.63) is 0 Å². The van der Waals surface area contributed by atoms with E-state index in [1.807, 2.05) is 6.92 Å². The fourth-order valence-corrected chi connectivity index (χ4v) is 3.11. The molecule has 0 aromatic heterocycles. The normalized spacial score (nSPS) is 33.3. The minimum atomic E-state index is -4.16. The molecule has 110 valence electrons. The van der Waals surface area contributed by atoms with Gasteiger partial charge >= 0.3 is 6.18 Å². The van der Waals surface area contributed by atoms with Crippen LogP contribution in [0.15, 0.2) is 0 Å². The summed E-state index contributed by atoms with van der Waals surface area (Å²) in [5.41, 5.74) is 0. The van der Waals surface area contributed by atoms with E-state index in [1.165, 1.54) is 0 Å². The molecule has 0 aromatic rings. The van der Waals surface area contributed by atoms with Crippen LogP contribution < -0.4 is 5.32 Å². The summed E-state index contributed by atoms with van der Waals surface area (Å²) in [6.07, 6.45) is -2.92.